The highest BCUT2D eigenvalue weighted by Gasteiger charge is 2.70. The van der Waals surface area contributed by atoms with E-state index in [2.05, 4.69) is 78.7 Å². The monoisotopic (exact) mass is 538 g/mol. The van der Waals surface area contributed by atoms with E-state index in [-0.39, 0.29) is 5.41 Å². The van der Waals surface area contributed by atoms with Crippen molar-refractivity contribution in [3.63, 3.8) is 0 Å². The fraction of sp³-hybridized carbons (Fsp3) is 0.310. The number of aromatic amines is 1. The molecule has 10 heteroatoms. The van der Waals surface area contributed by atoms with Crippen LogP contribution in [0.4, 0.5) is 4.39 Å². The number of hydrogen-bond acceptors (Lipinski definition) is 6. The summed E-state index contributed by atoms with van der Waals surface area (Å²) in [5.41, 5.74) is 4.21. The van der Waals surface area contributed by atoms with Crippen molar-refractivity contribution >= 4 is 32.5 Å². The highest BCUT2D eigenvalue weighted by atomic mass is 32.1. The van der Waals surface area contributed by atoms with Crippen LogP contribution in [0.2, 0.25) is 0 Å². The summed E-state index contributed by atoms with van der Waals surface area (Å²) in [6, 6.07) is 10.8. The minimum atomic E-state index is -0.856. The largest absolute Gasteiger partial charge is 0.357 e. The van der Waals surface area contributed by atoms with E-state index < -0.39 is 5.67 Å². The summed E-state index contributed by atoms with van der Waals surface area (Å²) in [5, 5.41) is 12.7. The molecular weight excluding hydrogens is 511 g/mol. The lowest BCUT2D eigenvalue weighted by Gasteiger charge is -2.68. The second kappa shape index (κ2) is 8.30. The summed E-state index contributed by atoms with van der Waals surface area (Å²) < 4.78 is 17.9. The molecule has 39 heavy (non-hydrogen) atoms. The maximum Gasteiger partial charge on any atom is 0.182 e. The van der Waals surface area contributed by atoms with Crippen LogP contribution < -0.4 is 5.32 Å². The van der Waals surface area contributed by atoms with Gasteiger partial charge in [0.2, 0.25) is 0 Å². The zero-order valence-electron chi connectivity index (χ0n) is 21.4. The average Bonchev–Trinajstić information content (AvgIpc) is 3.69. The Balaban J connectivity index is 0.964. The highest BCUT2D eigenvalue weighted by molar-refractivity contribution is 7.16. The van der Waals surface area contributed by atoms with Crippen molar-refractivity contribution in [2.75, 3.05) is 0 Å². The second-order valence-electron chi connectivity index (χ2n) is 11.3. The highest BCUT2D eigenvalue weighted by Crippen LogP contribution is 2.70. The molecule has 0 aliphatic heterocycles. The van der Waals surface area contributed by atoms with E-state index in [9.17, 15) is 4.39 Å². The first kappa shape index (κ1) is 23.0. The Bertz CT molecular complexity index is 1820. The van der Waals surface area contributed by atoms with Crippen molar-refractivity contribution in [3.8, 4) is 17.1 Å². The van der Waals surface area contributed by atoms with Gasteiger partial charge < -0.3 is 14.9 Å². The van der Waals surface area contributed by atoms with Gasteiger partial charge in [-0.05, 0) is 67.3 Å². The van der Waals surface area contributed by atoms with Gasteiger partial charge in [0.15, 0.2) is 5.82 Å². The minimum Gasteiger partial charge on any atom is -0.357 e. The molecule has 6 aromatic heterocycles. The molecule has 0 spiro atoms. The van der Waals surface area contributed by atoms with Crippen LogP contribution in [0.3, 0.4) is 0 Å². The second-order valence-corrected chi connectivity index (χ2v) is 12.2. The van der Waals surface area contributed by atoms with Gasteiger partial charge in [-0.15, -0.1) is 11.3 Å². The molecule has 2 bridgehead atoms. The van der Waals surface area contributed by atoms with Crippen molar-refractivity contribution in [3.05, 3.63) is 78.2 Å². The third kappa shape index (κ3) is 3.81. The van der Waals surface area contributed by atoms with Crippen LogP contribution in [0.5, 0.6) is 0 Å². The molecule has 6 heterocycles. The number of pyridine rings is 2. The van der Waals surface area contributed by atoms with E-state index in [4.69, 9.17) is 5.10 Å². The van der Waals surface area contributed by atoms with E-state index in [1.807, 2.05) is 12.4 Å². The molecule has 6 aromatic rings. The Morgan fingerprint density at radius 3 is 2.87 bits per heavy atom. The zero-order valence-corrected chi connectivity index (χ0v) is 22.2. The third-order valence-corrected chi connectivity index (χ3v) is 9.48. The summed E-state index contributed by atoms with van der Waals surface area (Å²) in [5.74, 6) is 0.629. The summed E-state index contributed by atoms with van der Waals surface area (Å²) in [4.78, 5) is 18.3. The van der Waals surface area contributed by atoms with Crippen molar-refractivity contribution in [2.45, 2.75) is 51.0 Å². The molecule has 8 nitrogen and oxygen atoms in total. The predicted octanol–water partition coefficient (Wildman–Crippen LogP) is 5.64. The molecule has 9 rings (SSSR count). The van der Waals surface area contributed by atoms with Gasteiger partial charge in [0.1, 0.15) is 16.8 Å². The number of thiophene rings is 1. The van der Waals surface area contributed by atoms with Gasteiger partial charge >= 0.3 is 0 Å². The molecule has 3 fully saturated rings. The Kier molecular flexibility index (Phi) is 4.90. The number of halogens is 1. The van der Waals surface area contributed by atoms with Crippen molar-refractivity contribution in [2.24, 2.45) is 5.41 Å². The van der Waals surface area contributed by atoms with Crippen LogP contribution in [0, 0.1) is 5.41 Å². The van der Waals surface area contributed by atoms with Crippen LogP contribution in [0.15, 0.2) is 66.8 Å². The standard InChI is InChI=1S/C29H27FN8S/c1-18(28-14-29(30,15-28)16-28)32-11-22-6-20-10-33-23(8-25(20)35-22)13-37-17-34-26(36-37)21-7-24(12-31-9-21)38-4-2-19-3-5-39-27(19)38/h2-10,12,17-18,32,35H,11,13-16H2,1H3. The lowest BCUT2D eigenvalue weighted by molar-refractivity contribution is -0.226. The molecule has 3 aliphatic rings. The smallest absolute Gasteiger partial charge is 0.182 e. The topological polar surface area (TPSA) is 89.2 Å². The summed E-state index contributed by atoms with van der Waals surface area (Å²) in [6.07, 6.45) is 11.5. The molecule has 2 N–H and O–H groups in total. The first-order chi connectivity index (χ1) is 19.0. The van der Waals surface area contributed by atoms with Gasteiger partial charge in [-0.25, -0.2) is 14.1 Å². The van der Waals surface area contributed by atoms with E-state index in [0.717, 1.165) is 40.1 Å². The van der Waals surface area contributed by atoms with Crippen LogP contribution in [0.1, 0.15) is 37.6 Å². The number of fused-ring (bicyclic) bond motifs is 2. The van der Waals surface area contributed by atoms with Gasteiger partial charge in [-0.3, -0.25) is 9.97 Å². The third-order valence-electron chi connectivity index (χ3n) is 8.56. The first-order valence-electron chi connectivity index (χ1n) is 13.2. The molecule has 3 aliphatic carbocycles. The molecule has 0 saturated heterocycles. The number of aromatic nitrogens is 7. The molecule has 1 unspecified atom stereocenters. The van der Waals surface area contributed by atoms with Crippen molar-refractivity contribution < 1.29 is 4.39 Å². The summed E-state index contributed by atoms with van der Waals surface area (Å²) >= 11 is 1.71. The Labute approximate surface area is 227 Å². The quantitative estimate of drug-likeness (QED) is 0.262. The minimum absolute atomic E-state index is 0.169. The van der Waals surface area contributed by atoms with Gasteiger partial charge in [0.25, 0.3) is 0 Å². The number of nitrogens with zero attached hydrogens (tertiary/aromatic N) is 6. The van der Waals surface area contributed by atoms with Gasteiger partial charge in [0.05, 0.1) is 24.1 Å². The molecule has 0 aromatic carbocycles. The molecular formula is C29H27FN8S. The molecule has 196 valence electrons. The van der Waals surface area contributed by atoms with Crippen molar-refractivity contribution in [1.29, 1.82) is 0 Å². The Morgan fingerprint density at radius 2 is 2.00 bits per heavy atom. The zero-order chi connectivity index (χ0) is 26.2. The SMILES string of the molecule is CC(NCc1cc2cnc(Cn3cnc(-c4cncc(-n5ccc6ccsc65)c4)n3)cc2[nH]1)C12CC(F)(C1)C2. The predicted molar refractivity (Wildman–Crippen MR) is 150 cm³/mol. The molecule has 0 amide bonds. The molecule has 0 radical (unpaired) electrons. The van der Waals surface area contributed by atoms with Gasteiger partial charge in [-0.1, -0.05) is 0 Å². The number of nitrogens with one attached hydrogen (secondary N) is 2. The van der Waals surface area contributed by atoms with Crippen molar-refractivity contribution in [1.82, 2.24) is 39.6 Å². The van der Waals surface area contributed by atoms with Crippen LogP contribution in [0.25, 0.3) is 38.2 Å². The fourth-order valence-corrected chi connectivity index (χ4v) is 7.29. The lowest BCUT2D eigenvalue weighted by Crippen LogP contribution is -2.70. The maximum absolute atomic E-state index is 13.9. The van der Waals surface area contributed by atoms with Gasteiger partial charge in [-0.2, -0.15) is 5.10 Å². The fourth-order valence-electron chi connectivity index (χ4n) is 6.40. The van der Waals surface area contributed by atoms with E-state index in [1.165, 1.54) is 10.2 Å². The number of hydrogen-bond donors (Lipinski definition) is 2. The number of rotatable bonds is 8. The molecule has 1 atom stereocenters. The van der Waals surface area contributed by atoms with Crippen LogP contribution >= 0.6 is 11.3 Å². The van der Waals surface area contributed by atoms with Crippen LogP contribution in [-0.4, -0.2) is 46.0 Å². The first-order valence-corrected chi connectivity index (χ1v) is 14.1. The Morgan fingerprint density at radius 1 is 1.10 bits per heavy atom. The number of H-pyrrole nitrogens is 1. The van der Waals surface area contributed by atoms with Crippen LogP contribution in [-0.2, 0) is 13.1 Å². The normalized spacial score (nSPS) is 22.7. The summed E-state index contributed by atoms with van der Waals surface area (Å²) in [7, 11) is 0. The van der Waals surface area contributed by atoms with Gasteiger partial charge in [0, 0.05) is 58.7 Å². The van der Waals surface area contributed by atoms with E-state index in [1.54, 1.807) is 28.5 Å². The van der Waals surface area contributed by atoms with E-state index in [0.29, 0.717) is 37.7 Å². The molecule has 3 saturated carbocycles. The Hall–Kier alpha value is -3.89. The van der Waals surface area contributed by atoms with E-state index >= 15 is 0 Å². The maximum atomic E-state index is 13.9. The lowest BCUT2D eigenvalue weighted by atomic mass is 9.40. The summed E-state index contributed by atoms with van der Waals surface area (Å²) in [6.45, 7) is 3.43. The average molecular weight is 539 g/mol. The number of alkyl halides is 1.